The van der Waals surface area contributed by atoms with E-state index in [1.807, 2.05) is 152 Å². The Morgan fingerprint density at radius 2 is 0.939 bits per heavy atom. The largest absolute Gasteiger partial charge is 0.388 e. The molecule has 13 nitrogen and oxygen atoms in total. The van der Waals surface area contributed by atoms with Gasteiger partial charge in [0.15, 0.2) is 12.1 Å². The highest BCUT2D eigenvalue weighted by Crippen LogP contribution is 2.48. The number of aliphatic hydroxyl groups is 1. The maximum atomic E-state index is 12.0. The maximum Gasteiger partial charge on any atom is 0.169 e. The van der Waals surface area contributed by atoms with Crippen molar-refractivity contribution in [3.63, 3.8) is 0 Å². The van der Waals surface area contributed by atoms with Crippen molar-refractivity contribution in [2.45, 2.75) is 138 Å². The van der Waals surface area contributed by atoms with E-state index in [1.165, 1.54) is 0 Å². The number of nitrogens with zero attached hydrogens (tertiary/aromatic N) is 3. The fourth-order valence-electron chi connectivity index (χ4n) is 9.58. The van der Waals surface area contributed by atoms with Crippen molar-refractivity contribution in [1.29, 1.82) is 0 Å². The van der Waals surface area contributed by atoms with Crippen molar-refractivity contribution >= 4 is 0 Å². The zero-order chi connectivity index (χ0) is 45.0. The second-order valence-electron chi connectivity index (χ2n) is 17.5. The van der Waals surface area contributed by atoms with Gasteiger partial charge in [0.1, 0.15) is 54.9 Å². The Kier molecular flexibility index (Phi) is 15.8. The summed E-state index contributed by atoms with van der Waals surface area (Å²) in [5.41, 5.74) is 14.9. The Balaban J connectivity index is 1.09. The topological polar surface area (TPSA) is 152 Å². The first kappa shape index (κ1) is 46.1. The maximum absolute atomic E-state index is 12.0. The van der Waals surface area contributed by atoms with Gasteiger partial charge in [0.25, 0.3) is 0 Å². The number of ether oxygens (including phenoxy) is 9. The highest BCUT2D eigenvalue weighted by atomic mass is 16.8. The molecule has 5 aromatic carbocycles. The van der Waals surface area contributed by atoms with Gasteiger partial charge in [-0.15, -0.1) is 0 Å². The number of aliphatic hydroxyl groups excluding tert-OH is 1. The minimum absolute atomic E-state index is 0.00427. The Labute approximate surface area is 386 Å². The lowest BCUT2D eigenvalue weighted by Crippen LogP contribution is -2.67. The van der Waals surface area contributed by atoms with Crippen molar-refractivity contribution in [3.8, 4) is 0 Å². The molecule has 4 fully saturated rings. The molecule has 13 heteroatoms. The van der Waals surface area contributed by atoms with Crippen LogP contribution in [0.4, 0.5) is 0 Å². The number of hydrogen-bond donors (Lipinski definition) is 1. The van der Waals surface area contributed by atoms with Crippen LogP contribution < -0.4 is 0 Å². The first-order chi connectivity index (χ1) is 32.6. The van der Waals surface area contributed by atoms with Gasteiger partial charge in [-0.05, 0) is 46.2 Å². The van der Waals surface area contributed by atoms with Crippen LogP contribution in [-0.2, 0) is 75.7 Å². The van der Waals surface area contributed by atoms with E-state index in [0.717, 1.165) is 47.1 Å². The lowest BCUT2D eigenvalue weighted by Gasteiger charge is -2.49. The zero-order valence-corrected chi connectivity index (χ0v) is 37.0. The molecule has 0 bridgehead atoms. The lowest BCUT2D eigenvalue weighted by atomic mass is 9.83. The van der Waals surface area contributed by atoms with Crippen molar-refractivity contribution in [2.24, 2.45) is 5.11 Å². The molecule has 0 aromatic heterocycles. The molecule has 2 heterocycles. The van der Waals surface area contributed by atoms with Crippen molar-refractivity contribution in [3.05, 3.63) is 190 Å². The average Bonchev–Trinajstić information content (AvgIpc) is 3.73. The number of rotatable bonds is 19. The first-order valence-corrected chi connectivity index (χ1v) is 23.2. The van der Waals surface area contributed by atoms with Gasteiger partial charge in [-0.2, -0.15) is 0 Å². The summed E-state index contributed by atoms with van der Waals surface area (Å²) in [7, 11) is 0. The summed E-state index contributed by atoms with van der Waals surface area (Å²) in [6.07, 6.45) is -4.71. The van der Waals surface area contributed by atoms with E-state index in [2.05, 4.69) is 10.0 Å². The summed E-state index contributed by atoms with van der Waals surface area (Å²) in [5.74, 6) is -0.884. The van der Waals surface area contributed by atoms with Gasteiger partial charge >= 0.3 is 0 Å². The van der Waals surface area contributed by atoms with Crippen LogP contribution in [0.1, 0.15) is 59.9 Å². The summed E-state index contributed by atoms with van der Waals surface area (Å²) < 4.78 is 62.1. The first-order valence-electron chi connectivity index (χ1n) is 23.2. The number of fused-ring (bicyclic) bond motifs is 1. The predicted octanol–water partition coefficient (Wildman–Crippen LogP) is 9.15. The van der Waals surface area contributed by atoms with Crippen LogP contribution in [0.3, 0.4) is 0 Å². The average molecular weight is 898 g/mol. The highest BCUT2D eigenvalue weighted by molar-refractivity contribution is 5.18. The summed E-state index contributed by atoms with van der Waals surface area (Å²) in [4.78, 5) is 3.25. The third-order valence-electron chi connectivity index (χ3n) is 12.9. The van der Waals surface area contributed by atoms with Crippen LogP contribution in [0.2, 0.25) is 0 Å². The molecular weight excluding hydrogens is 839 g/mol. The Morgan fingerprint density at radius 1 is 0.530 bits per heavy atom. The van der Waals surface area contributed by atoms with Crippen molar-refractivity contribution < 1.29 is 47.7 Å². The molecule has 0 unspecified atom stereocenters. The van der Waals surface area contributed by atoms with E-state index in [1.54, 1.807) is 0 Å². The molecule has 2 saturated heterocycles. The van der Waals surface area contributed by atoms with Gasteiger partial charge in [-0.3, -0.25) is 0 Å². The number of hydrogen-bond acceptors (Lipinski definition) is 11. The van der Waals surface area contributed by atoms with Crippen molar-refractivity contribution in [1.82, 2.24) is 0 Å². The molecule has 66 heavy (non-hydrogen) atoms. The van der Waals surface area contributed by atoms with E-state index in [4.69, 9.17) is 42.6 Å². The van der Waals surface area contributed by atoms with Crippen LogP contribution in [0.5, 0.6) is 0 Å². The molecule has 1 N–H and O–H groups in total. The molecule has 9 rings (SSSR count). The Bertz CT molecular complexity index is 2250. The van der Waals surface area contributed by atoms with Gasteiger partial charge in [-0.25, -0.2) is 0 Å². The molecule has 2 aliphatic carbocycles. The van der Waals surface area contributed by atoms with Gasteiger partial charge in [0, 0.05) is 17.8 Å². The lowest BCUT2D eigenvalue weighted by molar-refractivity contribution is -0.324. The van der Waals surface area contributed by atoms with E-state index >= 15 is 0 Å². The molecular formula is C53H59N3O10. The summed E-state index contributed by atoms with van der Waals surface area (Å²) in [5, 5.41) is 16.3. The molecule has 5 aromatic rings. The zero-order valence-electron chi connectivity index (χ0n) is 37.0. The quantitative estimate of drug-likeness (QED) is 0.0483. The van der Waals surface area contributed by atoms with Gasteiger partial charge in [0.2, 0.25) is 0 Å². The van der Waals surface area contributed by atoms with Gasteiger partial charge < -0.3 is 47.7 Å². The van der Waals surface area contributed by atoms with Crippen LogP contribution in [0.25, 0.3) is 10.4 Å². The minimum Gasteiger partial charge on any atom is -0.388 e. The van der Waals surface area contributed by atoms with Crippen LogP contribution in [0.15, 0.2) is 157 Å². The summed E-state index contributed by atoms with van der Waals surface area (Å²) in [6, 6.07) is 48.2. The second kappa shape index (κ2) is 22.7. The normalized spacial score (nSPS) is 29.2. The Hall–Kier alpha value is -4.99. The molecule has 4 aliphatic rings. The van der Waals surface area contributed by atoms with E-state index < -0.39 is 73.1 Å². The summed E-state index contributed by atoms with van der Waals surface area (Å²) >= 11 is 0. The monoisotopic (exact) mass is 897 g/mol. The molecule has 0 radical (unpaired) electrons. The van der Waals surface area contributed by atoms with Crippen molar-refractivity contribution in [2.75, 3.05) is 6.61 Å². The fraction of sp³-hybridized carbons (Fsp3) is 0.434. The summed E-state index contributed by atoms with van der Waals surface area (Å²) in [6.45, 7) is 1.18. The molecule has 0 amide bonds. The van der Waals surface area contributed by atoms with E-state index in [-0.39, 0.29) is 33.0 Å². The van der Waals surface area contributed by atoms with Crippen LogP contribution >= 0.6 is 0 Å². The van der Waals surface area contributed by atoms with E-state index in [0.29, 0.717) is 19.4 Å². The molecule has 2 aliphatic heterocycles. The molecule has 1 spiro atoms. The van der Waals surface area contributed by atoms with Crippen LogP contribution in [-0.4, -0.2) is 84.8 Å². The van der Waals surface area contributed by atoms with Gasteiger partial charge in [-0.1, -0.05) is 163 Å². The standard InChI is InChI=1S/C53H59N3O10/c54-56-55-43-45(59-32-38-21-9-2-10-22-38)44(57)42(36-58-31-37-19-7-1-8-20-37)63-52(43)64-49-47(61-34-40-25-13-4-14-26-40)46(60-33-39-23-11-3-12-24-39)48(62-35-41-27-15-5-16-28-41)50-51(49)66-53(65-50)29-17-6-18-30-53/h1-5,7-16,19-28,42-52,57H,6,17-18,29-36H2/t42-,43-,44-,45-,46+,47+,48-,49-,50-,51+,52-/m1/s1. The third kappa shape index (κ3) is 11.4. The highest BCUT2D eigenvalue weighted by Gasteiger charge is 2.63. The number of benzene rings is 5. The minimum atomic E-state index is -1.26. The predicted molar refractivity (Wildman–Crippen MR) is 244 cm³/mol. The smallest absolute Gasteiger partial charge is 0.169 e. The van der Waals surface area contributed by atoms with E-state index in [9.17, 15) is 10.6 Å². The molecule has 346 valence electrons. The van der Waals surface area contributed by atoms with Gasteiger partial charge in [0.05, 0.1) is 45.7 Å². The third-order valence-corrected chi connectivity index (χ3v) is 12.9. The Morgan fingerprint density at radius 3 is 1.41 bits per heavy atom. The second-order valence-corrected chi connectivity index (χ2v) is 17.5. The molecule has 2 saturated carbocycles. The SMILES string of the molecule is [N-]=[N+]=N[C@H]1[C@@H](O[C@@H]2[C@@H](OCc3ccccc3)[C@H](OCc3ccccc3)[C@@H](OCc3ccccc3)[C@H]3OC4(CCCCC4)O[C@@H]23)O[C@H](COCc2ccccc2)[C@@H](O)[C@@H]1OCc1ccccc1. The molecule has 11 atom stereocenters. The number of azide groups is 1. The fourth-order valence-corrected chi connectivity index (χ4v) is 9.58. The van der Waals surface area contributed by atoms with Crippen LogP contribution in [0, 0.1) is 0 Å².